The number of aromatic nitrogens is 2. The Balaban J connectivity index is 2.24. The molecule has 20 heavy (non-hydrogen) atoms. The van der Waals surface area contributed by atoms with Gasteiger partial charge in [0, 0.05) is 17.7 Å². The first-order valence-corrected chi connectivity index (χ1v) is 6.51. The van der Waals surface area contributed by atoms with E-state index in [0.29, 0.717) is 10.9 Å². The largest absolute Gasteiger partial charge is 0.301 e. The molecular weight excluding hydrogens is 278 g/mol. The van der Waals surface area contributed by atoms with E-state index in [1.807, 2.05) is 30.3 Å². The lowest BCUT2D eigenvalue weighted by molar-refractivity contribution is -0.124. The summed E-state index contributed by atoms with van der Waals surface area (Å²) in [6.45, 7) is 0. The average molecular weight is 289 g/mol. The molecule has 1 amide bonds. The van der Waals surface area contributed by atoms with Crippen LogP contribution in [0.5, 0.6) is 0 Å². The second-order valence-electron chi connectivity index (χ2n) is 3.70. The van der Waals surface area contributed by atoms with Crippen molar-refractivity contribution in [2.24, 2.45) is 0 Å². The molecule has 0 unspecified atom stereocenters. The highest BCUT2D eigenvalue weighted by Gasteiger charge is 2.03. The SMILES string of the molecule is O=C(/C=C/Sc1nc(-c2ccccc2)cc(=O)[nH]1)NO. The zero-order valence-corrected chi connectivity index (χ0v) is 11.1. The Morgan fingerprint density at radius 2 is 2.10 bits per heavy atom. The van der Waals surface area contributed by atoms with E-state index in [-0.39, 0.29) is 5.56 Å². The molecule has 0 aliphatic carbocycles. The molecule has 6 nitrogen and oxygen atoms in total. The van der Waals surface area contributed by atoms with Gasteiger partial charge in [-0.15, -0.1) is 0 Å². The smallest absolute Gasteiger partial charge is 0.267 e. The lowest BCUT2D eigenvalue weighted by atomic mass is 10.1. The zero-order valence-electron chi connectivity index (χ0n) is 10.2. The van der Waals surface area contributed by atoms with Gasteiger partial charge in [0.15, 0.2) is 5.16 Å². The molecule has 0 fully saturated rings. The summed E-state index contributed by atoms with van der Waals surface area (Å²) in [5.41, 5.74) is 2.58. The molecule has 0 spiro atoms. The number of carbonyl (C=O) groups excluding carboxylic acids is 1. The number of hydroxylamine groups is 1. The number of thioether (sulfide) groups is 1. The molecule has 7 heteroatoms. The summed E-state index contributed by atoms with van der Waals surface area (Å²) in [5.74, 6) is -0.654. The molecule has 1 aromatic heterocycles. The third-order valence-electron chi connectivity index (χ3n) is 2.30. The van der Waals surface area contributed by atoms with E-state index in [1.54, 1.807) is 0 Å². The van der Waals surface area contributed by atoms with E-state index in [2.05, 4.69) is 9.97 Å². The second kappa shape index (κ2) is 6.69. The van der Waals surface area contributed by atoms with Crippen LogP contribution in [-0.2, 0) is 4.79 Å². The number of aromatic amines is 1. The van der Waals surface area contributed by atoms with Crippen molar-refractivity contribution < 1.29 is 10.0 Å². The van der Waals surface area contributed by atoms with Crippen LogP contribution < -0.4 is 11.0 Å². The van der Waals surface area contributed by atoms with Gasteiger partial charge in [-0.05, 0) is 5.41 Å². The maximum Gasteiger partial charge on any atom is 0.267 e. The fourth-order valence-electron chi connectivity index (χ4n) is 1.45. The molecule has 0 radical (unpaired) electrons. The molecule has 0 atom stereocenters. The van der Waals surface area contributed by atoms with Crippen molar-refractivity contribution in [3.8, 4) is 11.3 Å². The van der Waals surface area contributed by atoms with E-state index in [0.717, 1.165) is 23.4 Å². The molecule has 0 aliphatic heterocycles. The topological polar surface area (TPSA) is 95.1 Å². The first-order valence-electron chi connectivity index (χ1n) is 5.63. The average Bonchev–Trinajstić information content (AvgIpc) is 2.47. The van der Waals surface area contributed by atoms with Crippen LogP contribution in [0.2, 0.25) is 0 Å². The summed E-state index contributed by atoms with van der Waals surface area (Å²) in [6, 6.07) is 10.7. The van der Waals surface area contributed by atoms with Crippen molar-refractivity contribution in [2.45, 2.75) is 5.16 Å². The van der Waals surface area contributed by atoms with Gasteiger partial charge in [-0.2, -0.15) is 0 Å². The van der Waals surface area contributed by atoms with Crippen molar-refractivity contribution in [2.75, 3.05) is 0 Å². The van der Waals surface area contributed by atoms with E-state index in [1.165, 1.54) is 17.0 Å². The van der Waals surface area contributed by atoms with Crippen LogP contribution in [0.25, 0.3) is 11.3 Å². The van der Waals surface area contributed by atoms with Crippen LogP contribution in [0.15, 0.2) is 57.8 Å². The molecule has 0 aliphatic rings. The molecular formula is C13H11N3O3S. The van der Waals surface area contributed by atoms with Gasteiger partial charge in [-0.25, -0.2) is 10.5 Å². The number of hydrogen-bond acceptors (Lipinski definition) is 5. The number of H-pyrrole nitrogens is 1. The third kappa shape index (κ3) is 3.81. The second-order valence-corrected chi connectivity index (χ2v) is 4.59. The molecule has 1 aromatic carbocycles. The van der Waals surface area contributed by atoms with Crippen LogP contribution in [-0.4, -0.2) is 21.1 Å². The highest BCUT2D eigenvalue weighted by molar-refractivity contribution is 8.02. The molecule has 2 rings (SSSR count). The van der Waals surface area contributed by atoms with Gasteiger partial charge in [-0.1, -0.05) is 42.1 Å². The third-order valence-corrected chi connectivity index (χ3v) is 2.99. The van der Waals surface area contributed by atoms with Crippen LogP contribution >= 0.6 is 11.8 Å². The van der Waals surface area contributed by atoms with Crippen molar-refractivity contribution in [1.82, 2.24) is 15.4 Å². The van der Waals surface area contributed by atoms with Crippen LogP contribution in [0, 0.1) is 0 Å². The summed E-state index contributed by atoms with van der Waals surface area (Å²) in [7, 11) is 0. The van der Waals surface area contributed by atoms with Gasteiger partial charge in [0.2, 0.25) is 0 Å². The number of benzene rings is 1. The first-order chi connectivity index (χ1) is 9.69. The molecule has 1 heterocycles. The predicted octanol–water partition coefficient (Wildman–Crippen LogP) is 1.55. The Kier molecular flexibility index (Phi) is 4.70. The summed E-state index contributed by atoms with van der Waals surface area (Å²) < 4.78 is 0. The van der Waals surface area contributed by atoms with Gasteiger partial charge in [0.25, 0.3) is 11.5 Å². The van der Waals surface area contributed by atoms with Gasteiger partial charge in [-0.3, -0.25) is 14.8 Å². The Morgan fingerprint density at radius 1 is 1.35 bits per heavy atom. The highest BCUT2D eigenvalue weighted by atomic mass is 32.2. The summed E-state index contributed by atoms with van der Waals surface area (Å²) in [5, 5.41) is 10.1. The maximum absolute atomic E-state index is 11.6. The summed E-state index contributed by atoms with van der Waals surface area (Å²) in [4.78, 5) is 29.2. The zero-order chi connectivity index (χ0) is 14.4. The number of nitrogens with zero attached hydrogens (tertiary/aromatic N) is 1. The standard InChI is InChI=1S/C13H11N3O3S/c17-11(16-19)6-7-20-13-14-10(8-12(18)15-13)9-4-2-1-3-5-9/h1-8,19H,(H,16,17)(H,14,15,18)/b7-6+. The lowest BCUT2D eigenvalue weighted by Gasteiger charge is -2.02. The monoisotopic (exact) mass is 289 g/mol. The highest BCUT2D eigenvalue weighted by Crippen LogP contribution is 2.18. The number of carbonyl (C=O) groups is 1. The predicted molar refractivity (Wildman–Crippen MR) is 75.2 cm³/mol. The minimum Gasteiger partial charge on any atom is -0.301 e. The van der Waals surface area contributed by atoms with E-state index in [4.69, 9.17) is 5.21 Å². The van der Waals surface area contributed by atoms with E-state index in [9.17, 15) is 9.59 Å². The number of nitrogens with one attached hydrogen (secondary N) is 2. The Labute approximate surface area is 118 Å². The van der Waals surface area contributed by atoms with Gasteiger partial charge in [0.05, 0.1) is 5.69 Å². The van der Waals surface area contributed by atoms with Crippen LogP contribution in [0.4, 0.5) is 0 Å². The Hall–Kier alpha value is -2.38. The molecule has 102 valence electrons. The summed E-state index contributed by atoms with van der Waals surface area (Å²) >= 11 is 1.07. The molecule has 3 N–H and O–H groups in total. The number of rotatable bonds is 4. The normalized spacial score (nSPS) is 10.7. The minimum absolute atomic E-state index is 0.277. The summed E-state index contributed by atoms with van der Waals surface area (Å²) in [6.07, 6.45) is 1.12. The van der Waals surface area contributed by atoms with Crippen molar-refractivity contribution in [1.29, 1.82) is 0 Å². The molecule has 0 saturated carbocycles. The number of hydrogen-bond donors (Lipinski definition) is 3. The van der Waals surface area contributed by atoms with Crippen molar-refractivity contribution >= 4 is 17.7 Å². The molecule has 0 saturated heterocycles. The maximum atomic E-state index is 11.6. The van der Waals surface area contributed by atoms with E-state index < -0.39 is 5.91 Å². The van der Waals surface area contributed by atoms with Gasteiger partial charge >= 0.3 is 0 Å². The first kappa shape index (κ1) is 14.0. The van der Waals surface area contributed by atoms with Crippen LogP contribution in [0.1, 0.15) is 0 Å². The van der Waals surface area contributed by atoms with Gasteiger partial charge in [0.1, 0.15) is 0 Å². The van der Waals surface area contributed by atoms with Crippen molar-refractivity contribution in [3.05, 3.63) is 58.2 Å². The van der Waals surface area contributed by atoms with Crippen molar-refractivity contribution in [3.63, 3.8) is 0 Å². The molecule has 0 bridgehead atoms. The van der Waals surface area contributed by atoms with E-state index >= 15 is 0 Å². The fraction of sp³-hybridized carbons (Fsp3) is 0. The van der Waals surface area contributed by atoms with Crippen LogP contribution in [0.3, 0.4) is 0 Å². The Morgan fingerprint density at radius 3 is 2.80 bits per heavy atom. The fourth-order valence-corrected chi connectivity index (χ4v) is 2.08. The van der Waals surface area contributed by atoms with Gasteiger partial charge < -0.3 is 4.98 Å². The number of amides is 1. The lowest BCUT2D eigenvalue weighted by Crippen LogP contribution is -2.14. The minimum atomic E-state index is -0.654. The Bertz CT molecular complexity index is 683. The quantitative estimate of drug-likeness (QED) is 0.261. The molecule has 2 aromatic rings.